The molecule has 0 amide bonds. The Morgan fingerprint density at radius 3 is 1.57 bits per heavy atom. The summed E-state index contributed by atoms with van der Waals surface area (Å²) < 4.78 is 1.64. The van der Waals surface area contributed by atoms with Crippen molar-refractivity contribution >= 4 is 17.0 Å². The number of rotatable bonds is 6. The zero-order chi connectivity index (χ0) is 15.3. The zero-order valence-electron chi connectivity index (χ0n) is 11.6. The van der Waals surface area contributed by atoms with Gasteiger partial charge in [-0.05, 0) is 0 Å². The van der Waals surface area contributed by atoms with Gasteiger partial charge in [0.15, 0.2) is 0 Å². The van der Waals surface area contributed by atoms with E-state index in [1.54, 1.807) is 24.3 Å². The molecule has 0 aromatic heterocycles. The standard InChI is InChI=1S/2C8H9O.2ClH.Zr/c2*1-2-7-4-3-5-8(9)6-7;;;/h2*3-6,9H,1-2H2;2*1H;/q;;;;+2/p-2. The van der Waals surface area contributed by atoms with Gasteiger partial charge in [0.2, 0.25) is 0 Å². The summed E-state index contributed by atoms with van der Waals surface area (Å²) in [7, 11) is 13.1. The molecule has 5 heteroatoms. The van der Waals surface area contributed by atoms with Crippen LogP contribution in [-0.2, 0) is 30.7 Å². The number of hydrogen-bond donors (Lipinski definition) is 2. The number of phenolic OH excluding ortho intramolecular Hbond substituents is 2. The normalized spacial score (nSPS) is 11.5. The van der Waals surface area contributed by atoms with Crippen LogP contribution in [-0.4, -0.2) is 10.2 Å². The second kappa shape index (κ2) is 7.67. The minimum atomic E-state index is -3.09. The Morgan fingerprint density at radius 2 is 1.19 bits per heavy atom. The van der Waals surface area contributed by atoms with Gasteiger partial charge in [-0.1, -0.05) is 0 Å². The molecule has 112 valence electrons. The number of benzene rings is 2. The van der Waals surface area contributed by atoms with E-state index in [0.717, 1.165) is 32.2 Å². The molecule has 0 spiro atoms. The van der Waals surface area contributed by atoms with Gasteiger partial charge < -0.3 is 0 Å². The van der Waals surface area contributed by atoms with Crippen molar-refractivity contribution in [2.75, 3.05) is 0 Å². The number of aryl methyl sites for hydroxylation is 2. The number of aromatic hydroxyl groups is 2. The van der Waals surface area contributed by atoms with Crippen molar-refractivity contribution in [1.29, 1.82) is 0 Å². The van der Waals surface area contributed by atoms with E-state index in [-0.39, 0.29) is 11.5 Å². The monoisotopic (exact) mass is 402 g/mol. The van der Waals surface area contributed by atoms with E-state index < -0.39 is 17.9 Å². The van der Waals surface area contributed by atoms with E-state index in [1.807, 2.05) is 24.3 Å². The van der Waals surface area contributed by atoms with Crippen LogP contribution in [0.15, 0.2) is 48.5 Å². The van der Waals surface area contributed by atoms with Gasteiger partial charge in [0.25, 0.3) is 0 Å². The molecular formula is C16H18Cl2O2Zr. The van der Waals surface area contributed by atoms with Gasteiger partial charge in [-0.25, -0.2) is 0 Å². The Balaban J connectivity index is 1.87. The van der Waals surface area contributed by atoms with E-state index in [1.165, 1.54) is 0 Å². The molecule has 2 N–H and O–H groups in total. The summed E-state index contributed by atoms with van der Waals surface area (Å²) in [5.74, 6) is 0.550. The molecule has 0 atom stereocenters. The number of halogens is 2. The van der Waals surface area contributed by atoms with E-state index in [0.29, 0.717) is 0 Å². The Labute approximate surface area is 136 Å². The van der Waals surface area contributed by atoms with Gasteiger partial charge >= 0.3 is 137 Å². The molecule has 0 bridgehead atoms. The third-order valence-corrected chi connectivity index (χ3v) is 12.7. The van der Waals surface area contributed by atoms with Crippen molar-refractivity contribution in [3.05, 3.63) is 59.7 Å². The second-order valence-electron chi connectivity index (χ2n) is 5.20. The molecule has 0 aliphatic rings. The van der Waals surface area contributed by atoms with Gasteiger partial charge in [0.1, 0.15) is 0 Å². The predicted octanol–water partition coefficient (Wildman–Crippen LogP) is 5.18. The molecule has 0 heterocycles. The van der Waals surface area contributed by atoms with Crippen LogP contribution >= 0.6 is 17.0 Å². The zero-order valence-corrected chi connectivity index (χ0v) is 15.6. The van der Waals surface area contributed by atoms with Crippen molar-refractivity contribution in [3.8, 4) is 11.5 Å². The van der Waals surface area contributed by atoms with Crippen molar-refractivity contribution in [3.63, 3.8) is 0 Å². The summed E-state index contributed by atoms with van der Waals surface area (Å²) in [5.41, 5.74) is 2.13. The summed E-state index contributed by atoms with van der Waals surface area (Å²) in [6.45, 7) is 0. The molecule has 0 aliphatic carbocycles. The molecule has 0 unspecified atom stereocenters. The first-order chi connectivity index (χ1) is 9.94. The summed E-state index contributed by atoms with van der Waals surface area (Å²) in [5, 5.41) is 18.9. The Morgan fingerprint density at radius 1 is 0.762 bits per heavy atom. The fourth-order valence-electron chi connectivity index (χ4n) is 2.20. The minimum absolute atomic E-state index is 0.275. The fraction of sp³-hybridized carbons (Fsp3) is 0.250. The first-order valence-electron chi connectivity index (χ1n) is 6.88. The summed E-state index contributed by atoms with van der Waals surface area (Å²) in [6, 6.07) is 14.4. The van der Waals surface area contributed by atoms with Crippen LogP contribution in [0.25, 0.3) is 0 Å². The Kier molecular flexibility index (Phi) is 6.16. The van der Waals surface area contributed by atoms with Crippen molar-refractivity contribution in [1.82, 2.24) is 0 Å². The maximum absolute atomic E-state index is 9.45. The van der Waals surface area contributed by atoms with Crippen molar-refractivity contribution in [2.45, 2.75) is 21.1 Å². The molecule has 0 aliphatic heterocycles. The Bertz CT molecular complexity index is 551. The third-order valence-electron chi connectivity index (χ3n) is 3.38. The van der Waals surface area contributed by atoms with Crippen molar-refractivity contribution < 1.29 is 28.1 Å². The molecule has 21 heavy (non-hydrogen) atoms. The van der Waals surface area contributed by atoms with Gasteiger partial charge in [-0.3, -0.25) is 0 Å². The first kappa shape index (κ1) is 16.9. The summed E-state index contributed by atoms with van der Waals surface area (Å²) in [6.07, 6.45) is 1.61. The summed E-state index contributed by atoms with van der Waals surface area (Å²) >= 11 is -3.09. The molecule has 2 rings (SSSR count). The molecular weight excluding hydrogens is 386 g/mol. The van der Waals surface area contributed by atoms with E-state index in [9.17, 15) is 10.2 Å². The van der Waals surface area contributed by atoms with Gasteiger partial charge in [0, 0.05) is 0 Å². The van der Waals surface area contributed by atoms with E-state index in [2.05, 4.69) is 0 Å². The Hall–Kier alpha value is -0.497. The van der Waals surface area contributed by atoms with Crippen LogP contribution in [0.4, 0.5) is 0 Å². The van der Waals surface area contributed by atoms with Gasteiger partial charge in [-0.15, -0.1) is 0 Å². The van der Waals surface area contributed by atoms with Gasteiger partial charge in [0.05, 0.1) is 0 Å². The van der Waals surface area contributed by atoms with Crippen molar-refractivity contribution in [2.24, 2.45) is 0 Å². The van der Waals surface area contributed by atoms with Crippen LogP contribution in [0, 0.1) is 0 Å². The van der Waals surface area contributed by atoms with E-state index >= 15 is 0 Å². The topological polar surface area (TPSA) is 40.5 Å². The molecule has 2 aromatic carbocycles. The molecule has 0 saturated heterocycles. The maximum atomic E-state index is 9.45. The third kappa shape index (κ3) is 6.02. The molecule has 0 radical (unpaired) electrons. The average Bonchev–Trinajstić information content (AvgIpc) is 2.44. The van der Waals surface area contributed by atoms with Crippen LogP contribution in [0.2, 0.25) is 8.26 Å². The number of hydrogen-bond acceptors (Lipinski definition) is 2. The average molecular weight is 404 g/mol. The van der Waals surface area contributed by atoms with Crippen LogP contribution in [0.1, 0.15) is 11.1 Å². The molecule has 2 nitrogen and oxygen atoms in total. The number of phenols is 2. The van der Waals surface area contributed by atoms with Crippen LogP contribution in [0.5, 0.6) is 11.5 Å². The SMILES string of the molecule is Oc1cccc(C[CH2][Zr]([Cl])([Cl])[CH2]Cc2cccc(O)c2)c1. The first-order valence-corrected chi connectivity index (χ1v) is 16.7. The van der Waals surface area contributed by atoms with E-state index in [4.69, 9.17) is 17.0 Å². The molecule has 0 fully saturated rings. The van der Waals surface area contributed by atoms with Crippen LogP contribution < -0.4 is 0 Å². The second-order valence-corrected chi connectivity index (χ2v) is 21.6. The van der Waals surface area contributed by atoms with Gasteiger partial charge in [-0.2, -0.15) is 0 Å². The predicted molar refractivity (Wildman–Crippen MR) is 84.9 cm³/mol. The van der Waals surface area contributed by atoms with Crippen LogP contribution in [0.3, 0.4) is 0 Å². The summed E-state index contributed by atoms with van der Waals surface area (Å²) in [4.78, 5) is 0. The molecule has 0 saturated carbocycles. The molecule has 2 aromatic rings. The fourth-order valence-corrected chi connectivity index (χ4v) is 8.27. The quantitative estimate of drug-likeness (QED) is 0.696.